The van der Waals surface area contributed by atoms with Crippen molar-refractivity contribution in [3.8, 4) is 0 Å². The molecule has 98 valence electrons. The molecule has 3 N–H and O–H groups in total. The summed E-state index contributed by atoms with van der Waals surface area (Å²) < 4.78 is 0. The first kappa shape index (κ1) is 12.6. The van der Waals surface area contributed by atoms with Crippen LogP contribution in [0.1, 0.15) is 26.2 Å². The number of rotatable bonds is 4. The molecule has 1 fully saturated rings. The summed E-state index contributed by atoms with van der Waals surface area (Å²) in [6.45, 7) is 3.57. The molecule has 1 aliphatic heterocycles. The minimum atomic E-state index is -0.279. The lowest BCUT2D eigenvalue weighted by molar-refractivity contribution is -0.119. The molecule has 0 saturated carbocycles. The van der Waals surface area contributed by atoms with Gasteiger partial charge in [0.2, 0.25) is 11.9 Å². The van der Waals surface area contributed by atoms with Crippen molar-refractivity contribution in [2.45, 2.75) is 32.2 Å². The second kappa shape index (κ2) is 5.66. The van der Waals surface area contributed by atoms with E-state index < -0.39 is 0 Å². The second-order valence-corrected chi connectivity index (χ2v) is 4.38. The first-order valence-electron chi connectivity index (χ1n) is 6.35. The highest BCUT2D eigenvalue weighted by molar-refractivity contribution is 5.83. The van der Waals surface area contributed by atoms with Crippen LogP contribution >= 0.6 is 0 Å². The summed E-state index contributed by atoms with van der Waals surface area (Å²) in [5.74, 6) is 1.08. The number of hydrogen-bond acceptors (Lipinski definition) is 5. The molecule has 0 radical (unpaired) electrons. The van der Waals surface area contributed by atoms with E-state index in [9.17, 15) is 4.79 Å². The Balaban J connectivity index is 2.22. The van der Waals surface area contributed by atoms with Crippen molar-refractivity contribution in [1.29, 1.82) is 0 Å². The molecule has 1 aromatic heterocycles. The normalized spacial score (nSPS) is 19.6. The van der Waals surface area contributed by atoms with Gasteiger partial charge >= 0.3 is 0 Å². The summed E-state index contributed by atoms with van der Waals surface area (Å²) in [6, 6.07) is 1.57. The standard InChI is InChI=1S/C12H19N5O/c1-2-14-12-15-7-6-10(16-12)17-8-4-3-5-9(17)11(13)18/h6-7,9H,2-5,8H2,1H3,(H2,13,18)(H,14,15,16). The first-order valence-corrected chi connectivity index (χ1v) is 6.35. The molecule has 0 spiro atoms. The number of carbonyl (C=O) groups is 1. The molecule has 0 aromatic carbocycles. The Kier molecular flexibility index (Phi) is 3.96. The fourth-order valence-electron chi connectivity index (χ4n) is 2.25. The molecule has 1 aromatic rings. The quantitative estimate of drug-likeness (QED) is 0.822. The number of nitrogens with two attached hydrogens (primary N) is 1. The van der Waals surface area contributed by atoms with Gasteiger partial charge in [-0.05, 0) is 32.3 Å². The predicted molar refractivity (Wildman–Crippen MR) is 70.4 cm³/mol. The third kappa shape index (κ3) is 2.69. The van der Waals surface area contributed by atoms with E-state index >= 15 is 0 Å². The number of anilines is 2. The number of nitrogens with zero attached hydrogens (tertiary/aromatic N) is 3. The average molecular weight is 249 g/mol. The van der Waals surface area contributed by atoms with Crippen LogP contribution in [0, 0.1) is 0 Å². The maximum atomic E-state index is 11.5. The molecular weight excluding hydrogens is 230 g/mol. The van der Waals surface area contributed by atoms with E-state index in [0.717, 1.165) is 38.2 Å². The van der Waals surface area contributed by atoms with Crippen molar-refractivity contribution in [3.63, 3.8) is 0 Å². The summed E-state index contributed by atoms with van der Waals surface area (Å²) >= 11 is 0. The summed E-state index contributed by atoms with van der Waals surface area (Å²) in [7, 11) is 0. The van der Waals surface area contributed by atoms with Crippen LogP contribution in [0.2, 0.25) is 0 Å². The van der Waals surface area contributed by atoms with Crippen molar-refractivity contribution < 1.29 is 4.79 Å². The van der Waals surface area contributed by atoms with E-state index in [0.29, 0.717) is 5.95 Å². The number of primary amides is 1. The number of amides is 1. The third-order valence-corrected chi connectivity index (χ3v) is 3.10. The van der Waals surface area contributed by atoms with Gasteiger partial charge in [0.05, 0.1) is 0 Å². The highest BCUT2D eigenvalue weighted by Crippen LogP contribution is 2.23. The lowest BCUT2D eigenvalue weighted by Gasteiger charge is -2.34. The number of piperidine rings is 1. The molecule has 0 bridgehead atoms. The minimum absolute atomic E-state index is 0.247. The molecular formula is C12H19N5O. The Labute approximate surface area is 107 Å². The van der Waals surface area contributed by atoms with Crippen molar-refractivity contribution in [2.24, 2.45) is 5.73 Å². The molecule has 2 rings (SSSR count). The van der Waals surface area contributed by atoms with Crippen molar-refractivity contribution in [3.05, 3.63) is 12.3 Å². The zero-order valence-electron chi connectivity index (χ0n) is 10.6. The van der Waals surface area contributed by atoms with Crippen molar-refractivity contribution in [2.75, 3.05) is 23.3 Å². The van der Waals surface area contributed by atoms with E-state index in [4.69, 9.17) is 5.73 Å². The van der Waals surface area contributed by atoms with Gasteiger partial charge in [0.1, 0.15) is 11.9 Å². The van der Waals surface area contributed by atoms with Gasteiger partial charge in [0, 0.05) is 19.3 Å². The van der Waals surface area contributed by atoms with Crippen LogP contribution in [0.3, 0.4) is 0 Å². The topological polar surface area (TPSA) is 84.1 Å². The van der Waals surface area contributed by atoms with E-state index in [1.165, 1.54) is 0 Å². The molecule has 1 unspecified atom stereocenters. The van der Waals surface area contributed by atoms with Gasteiger partial charge in [0.15, 0.2) is 0 Å². The Hall–Kier alpha value is -1.85. The molecule has 1 saturated heterocycles. The van der Waals surface area contributed by atoms with Gasteiger partial charge in [-0.15, -0.1) is 0 Å². The molecule has 6 heteroatoms. The van der Waals surface area contributed by atoms with E-state index in [2.05, 4.69) is 15.3 Å². The maximum Gasteiger partial charge on any atom is 0.240 e. The molecule has 2 heterocycles. The smallest absolute Gasteiger partial charge is 0.240 e. The van der Waals surface area contributed by atoms with Crippen LogP contribution < -0.4 is 16.0 Å². The van der Waals surface area contributed by atoms with Crippen molar-refractivity contribution >= 4 is 17.7 Å². The van der Waals surface area contributed by atoms with Gasteiger partial charge in [0.25, 0.3) is 0 Å². The minimum Gasteiger partial charge on any atom is -0.368 e. The van der Waals surface area contributed by atoms with Gasteiger partial charge in [-0.25, -0.2) is 4.98 Å². The van der Waals surface area contributed by atoms with Crippen LogP contribution in [0.5, 0.6) is 0 Å². The molecule has 1 aliphatic rings. The molecule has 6 nitrogen and oxygen atoms in total. The van der Waals surface area contributed by atoms with E-state index in [-0.39, 0.29) is 11.9 Å². The van der Waals surface area contributed by atoms with Gasteiger partial charge in [-0.2, -0.15) is 4.98 Å². The van der Waals surface area contributed by atoms with E-state index in [1.54, 1.807) is 6.20 Å². The molecule has 18 heavy (non-hydrogen) atoms. The highest BCUT2D eigenvalue weighted by Gasteiger charge is 2.27. The number of carbonyl (C=O) groups excluding carboxylic acids is 1. The largest absolute Gasteiger partial charge is 0.368 e. The van der Waals surface area contributed by atoms with Crippen LogP contribution in [0.15, 0.2) is 12.3 Å². The lowest BCUT2D eigenvalue weighted by Crippen LogP contribution is -2.48. The fourth-order valence-corrected chi connectivity index (χ4v) is 2.25. The zero-order chi connectivity index (χ0) is 13.0. The first-order chi connectivity index (χ1) is 8.72. The van der Waals surface area contributed by atoms with Crippen LogP contribution in [-0.4, -0.2) is 35.0 Å². The van der Waals surface area contributed by atoms with Gasteiger partial charge in [-0.1, -0.05) is 0 Å². The van der Waals surface area contributed by atoms with Crippen molar-refractivity contribution in [1.82, 2.24) is 9.97 Å². The SMILES string of the molecule is CCNc1nccc(N2CCCCC2C(N)=O)n1. The zero-order valence-corrected chi connectivity index (χ0v) is 10.6. The van der Waals surface area contributed by atoms with Gasteiger partial charge < -0.3 is 16.0 Å². The summed E-state index contributed by atoms with van der Waals surface area (Å²) in [5, 5.41) is 3.07. The second-order valence-electron chi connectivity index (χ2n) is 4.38. The van der Waals surface area contributed by atoms with Crippen LogP contribution in [0.25, 0.3) is 0 Å². The number of nitrogens with one attached hydrogen (secondary N) is 1. The summed E-state index contributed by atoms with van der Waals surface area (Å²) in [4.78, 5) is 22.0. The van der Waals surface area contributed by atoms with E-state index in [1.807, 2.05) is 17.9 Å². The maximum absolute atomic E-state index is 11.5. The summed E-state index contributed by atoms with van der Waals surface area (Å²) in [5.41, 5.74) is 5.45. The van der Waals surface area contributed by atoms with Crippen LogP contribution in [-0.2, 0) is 4.79 Å². The molecule has 1 amide bonds. The number of aromatic nitrogens is 2. The highest BCUT2D eigenvalue weighted by atomic mass is 16.1. The Morgan fingerprint density at radius 2 is 2.44 bits per heavy atom. The predicted octanol–water partition coefficient (Wildman–Crippen LogP) is 0.753. The Morgan fingerprint density at radius 3 is 3.17 bits per heavy atom. The molecule has 0 aliphatic carbocycles. The van der Waals surface area contributed by atoms with Crippen LogP contribution in [0.4, 0.5) is 11.8 Å². The third-order valence-electron chi connectivity index (χ3n) is 3.10. The Morgan fingerprint density at radius 1 is 1.61 bits per heavy atom. The van der Waals surface area contributed by atoms with Gasteiger partial charge in [-0.3, -0.25) is 4.79 Å². The number of hydrogen-bond donors (Lipinski definition) is 2. The fraction of sp³-hybridized carbons (Fsp3) is 0.583. The Bertz CT molecular complexity index is 423. The average Bonchev–Trinajstić information content (AvgIpc) is 2.39. The lowest BCUT2D eigenvalue weighted by atomic mass is 10.0. The summed E-state index contributed by atoms with van der Waals surface area (Å²) in [6.07, 6.45) is 4.60. The molecule has 1 atom stereocenters. The monoisotopic (exact) mass is 249 g/mol.